The van der Waals surface area contributed by atoms with Crippen molar-refractivity contribution in [2.45, 2.75) is 13.8 Å². The number of phenolic OH excluding ortho intramolecular Hbond substituents is 1. The molecule has 3 aromatic rings. The zero-order chi connectivity index (χ0) is 12.2. The Morgan fingerprint density at radius 1 is 0.941 bits per heavy atom. The minimum Gasteiger partial charge on any atom is -0.508 e. The maximum Gasteiger partial charge on any atom is 0.142 e. The van der Waals surface area contributed by atoms with E-state index in [4.69, 9.17) is 16.0 Å². The maximum atomic E-state index is 9.68. The van der Waals surface area contributed by atoms with Gasteiger partial charge in [0.2, 0.25) is 0 Å². The SMILES string of the molecule is Cc1c(O)ccc2c1oc1c(C)c(Cl)ccc12. The van der Waals surface area contributed by atoms with Gasteiger partial charge in [-0.1, -0.05) is 11.6 Å². The Kier molecular flexibility index (Phi) is 2.10. The first kappa shape index (κ1) is 10.5. The Morgan fingerprint density at radius 2 is 1.53 bits per heavy atom. The van der Waals surface area contributed by atoms with E-state index in [1.54, 1.807) is 6.07 Å². The number of aryl methyl sites for hydroxylation is 2. The topological polar surface area (TPSA) is 33.4 Å². The van der Waals surface area contributed by atoms with Gasteiger partial charge in [-0.3, -0.25) is 0 Å². The highest BCUT2D eigenvalue weighted by Crippen LogP contribution is 2.37. The summed E-state index contributed by atoms with van der Waals surface area (Å²) in [7, 11) is 0. The molecule has 3 rings (SSSR count). The van der Waals surface area contributed by atoms with Crippen LogP contribution in [0.4, 0.5) is 0 Å². The number of hydrogen-bond donors (Lipinski definition) is 1. The van der Waals surface area contributed by atoms with Crippen molar-refractivity contribution in [3.8, 4) is 5.75 Å². The second-order valence-electron chi connectivity index (χ2n) is 4.24. The molecule has 0 spiro atoms. The molecule has 3 heteroatoms. The van der Waals surface area contributed by atoms with Crippen molar-refractivity contribution in [2.75, 3.05) is 0 Å². The minimum atomic E-state index is 0.250. The number of hydrogen-bond acceptors (Lipinski definition) is 2. The van der Waals surface area contributed by atoms with Gasteiger partial charge in [-0.15, -0.1) is 0 Å². The van der Waals surface area contributed by atoms with Crippen LogP contribution >= 0.6 is 11.6 Å². The fourth-order valence-corrected chi connectivity index (χ4v) is 2.29. The molecule has 0 bridgehead atoms. The van der Waals surface area contributed by atoms with E-state index in [0.29, 0.717) is 5.02 Å². The summed E-state index contributed by atoms with van der Waals surface area (Å²) in [5, 5.41) is 12.4. The number of aromatic hydroxyl groups is 1. The predicted octanol–water partition coefficient (Wildman–Crippen LogP) is 4.56. The summed E-state index contributed by atoms with van der Waals surface area (Å²) in [5.74, 6) is 0.250. The summed E-state index contributed by atoms with van der Waals surface area (Å²) >= 11 is 6.08. The van der Waals surface area contributed by atoms with Crippen LogP contribution in [0.15, 0.2) is 28.7 Å². The Hall–Kier alpha value is -1.67. The fourth-order valence-electron chi connectivity index (χ4n) is 2.14. The molecule has 1 aromatic heterocycles. The van der Waals surface area contributed by atoms with Crippen LogP contribution < -0.4 is 0 Å². The van der Waals surface area contributed by atoms with Gasteiger partial charge in [0.1, 0.15) is 16.9 Å². The number of fused-ring (bicyclic) bond motifs is 3. The van der Waals surface area contributed by atoms with E-state index in [1.165, 1.54) is 0 Å². The Morgan fingerprint density at radius 3 is 2.24 bits per heavy atom. The Balaban J connectivity index is 2.58. The van der Waals surface area contributed by atoms with Crippen LogP contribution in [-0.4, -0.2) is 5.11 Å². The summed E-state index contributed by atoms with van der Waals surface area (Å²) in [5.41, 5.74) is 3.21. The summed E-state index contributed by atoms with van der Waals surface area (Å²) in [6.07, 6.45) is 0. The van der Waals surface area contributed by atoms with Crippen molar-refractivity contribution >= 4 is 33.5 Å². The molecule has 2 nitrogen and oxygen atoms in total. The fraction of sp³-hybridized carbons (Fsp3) is 0.143. The zero-order valence-corrected chi connectivity index (χ0v) is 10.3. The molecule has 17 heavy (non-hydrogen) atoms. The molecule has 0 radical (unpaired) electrons. The summed E-state index contributed by atoms with van der Waals surface area (Å²) in [6, 6.07) is 7.39. The van der Waals surface area contributed by atoms with Crippen molar-refractivity contribution < 1.29 is 9.52 Å². The van der Waals surface area contributed by atoms with Crippen molar-refractivity contribution in [3.05, 3.63) is 40.4 Å². The summed E-state index contributed by atoms with van der Waals surface area (Å²) in [6.45, 7) is 3.78. The van der Waals surface area contributed by atoms with Crippen molar-refractivity contribution in [3.63, 3.8) is 0 Å². The smallest absolute Gasteiger partial charge is 0.142 e. The van der Waals surface area contributed by atoms with Crippen LogP contribution in [0.2, 0.25) is 5.02 Å². The average molecular weight is 247 g/mol. The maximum absolute atomic E-state index is 9.68. The van der Waals surface area contributed by atoms with Gasteiger partial charge in [0.15, 0.2) is 0 Å². The molecule has 1 heterocycles. The third kappa shape index (κ3) is 1.34. The van der Waals surface area contributed by atoms with Gasteiger partial charge in [0, 0.05) is 26.9 Å². The molecule has 0 saturated carbocycles. The summed E-state index contributed by atoms with van der Waals surface area (Å²) in [4.78, 5) is 0. The first-order chi connectivity index (χ1) is 8.09. The van der Waals surface area contributed by atoms with Gasteiger partial charge < -0.3 is 9.52 Å². The lowest BCUT2D eigenvalue weighted by Gasteiger charge is -1.97. The van der Waals surface area contributed by atoms with Crippen LogP contribution in [0, 0.1) is 13.8 Å². The minimum absolute atomic E-state index is 0.250. The molecule has 0 aliphatic heterocycles. The normalized spacial score (nSPS) is 11.5. The standard InChI is InChI=1S/C14H11ClO2/c1-7-11(15)5-3-9-10-4-6-12(16)8(2)14(10)17-13(7)9/h3-6,16H,1-2H3. The van der Waals surface area contributed by atoms with Crippen molar-refractivity contribution in [2.24, 2.45) is 0 Å². The lowest BCUT2D eigenvalue weighted by Crippen LogP contribution is -1.75. The molecule has 0 unspecified atom stereocenters. The van der Waals surface area contributed by atoms with Gasteiger partial charge in [0.25, 0.3) is 0 Å². The van der Waals surface area contributed by atoms with Crippen LogP contribution in [-0.2, 0) is 0 Å². The number of phenols is 1. The molecular formula is C14H11ClO2. The first-order valence-electron chi connectivity index (χ1n) is 5.39. The van der Waals surface area contributed by atoms with Crippen molar-refractivity contribution in [1.29, 1.82) is 0 Å². The molecule has 2 aromatic carbocycles. The third-order valence-electron chi connectivity index (χ3n) is 3.21. The Bertz CT molecular complexity index is 679. The highest BCUT2D eigenvalue weighted by molar-refractivity contribution is 6.32. The lowest BCUT2D eigenvalue weighted by atomic mass is 10.1. The van der Waals surface area contributed by atoms with E-state index in [2.05, 4.69) is 0 Å². The van der Waals surface area contributed by atoms with Gasteiger partial charge in [0.05, 0.1) is 0 Å². The van der Waals surface area contributed by atoms with Crippen LogP contribution in [0.25, 0.3) is 21.9 Å². The Labute approximate surface area is 103 Å². The largest absolute Gasteiger partial charge is 0.508 e. The highest BCUT2D eigenvalue weighted by Gasteiger charge is 2.13. The molecule has 0 amide bonds. The van der Waals surface area contributed by atoms with E-state index in [-0.39, 0.29) is 5.75 Å². The van der Waals surface area contributed by atoms with Crippen LogP contribution in [0.3, 0.4) is 0 Å². The molecule has 0 fully saturated rings. The number of rotatable bonds is 0. The first-order valence-corrected chi connectivity index (χ1v) is 5.77. The lowest BCUT2D eigenvalue weighted by molar-refractivity contribution is 0.470. The number of halogens is 1. The molecular weight excluding hydrogens is 236 g/mol. The predicted molar refractivity (Wildman–Crippen MR) is 69.9 cm³/mol. The van der Waals surface area contributed by atoms with E-state index >= 15 is 0 Å². The van der Waals surface area contributed by atoms with Gasteiger partial charge in [-0.2, -0.15) is 0 Å². The van der Waals surface area contributed by atoms with Gasteiger partial charge >= 0.3 is 0 Å². The molecule has 86 valence electrons. The van der Waals surface area contributed by atoms with Gasteiger partial charge in [-0.05, 0) is 38.1 Å². The molecule has 0 aliphatic carbocycles. The second kappa shape index (κ2) is 3.41. The third-order valence-corrected chi connectivity index (χ3v) is 3.62. The van der Waals surface area contributed by atoms with E-state index < -0.39 is 0 Å². The van der Waals surface area contributed by atoms with Crippen LogP contribution in [0.5, 0.6) is 5.75 Å². The van der Waals surface area contributed by atoms with E-state index in [1.807, 2.05) is 32.0 Å². The average Bonchev–Trinajstić information content (AvgIpc) is 2.69. The van der Waals surface area contributed by atoms with Gasteiger partial charge in [-0.25, -0.2) is 0 Å². The van der Waals surface area contributed by atoms with Crippen LogP contribution in [0.1, 0.15) is 11.1 Å². The molecule has 0 aliphatic rings. The molecule has 0 atom stereocenters. The monoisotopic (exact) mass is 246 g/mol. The quantitative estimate of drug-likeness (QED) is 0.631. The van der Waals surface area contributed by atoms with Crippen molar-refractivity contribution in [1.82, 2.24) is 0 Å². The van der Waals surface area contributed by atoms with E-state index in [9.17, 15) is 5.11 Å². The second-order valence-corrected chi connectivity index (χ2v) is 4.64. The van der Waals surface area contributed by atoms with E-state index in [0.717, 1.165) is 33.1 Å². The number of furan rings is 1. The summed E-state index contributed by atoms with van der Waals surface area (Å²) < 4.78 is 5.83. The molecule has 1 N–H and O–H groups in total. The highest BCUT2D eigenvalue weighted by atomic mass is 35.5. The number of benzene rings is 2. The molecule has 0 saturated heterocycles. The zero-order valence-electron chi connectivity index (χ0n) is 9.54.